The average molecular weight is 561 g/mol. The van der Waals surface area contributed by atoms with Gasteiger partial charge in [-0.1, -0.05) is 19.9 Å². The molecule has 1 aliphatic heterocycles. The largest absolute Gasteiger partial charge is 0.394 e. The zero-order valence-corrected chi connectivity index (χ0v) is 23.3. The smallest absolute Gasteiger partial charge is 0.270 e. The highest BCUT2D eigenvalue weighted by atomic mass is 32.1. The summed E-state index contributed by atoms with van der Waals surface area (Å²) in [6.45, 7) is 4.79. The number of carbonyl (C=O) groups excluding carboxylic acids is 3. The van der Waals surface area contributed by atoms with Gasteiger partial charge in [-0.05, 0) is 54.0 Å². The van der Waals surface area contributed by atoms with Crippen LogP contribution < -0.4 is 15.5 Å². The first-order chi connectivity index (χ1) is 19.4. The molecule has 3 N–H and O–H groups in total. The number of imidazole rings is 1. The molecule has 40 heavy (non-hydrogen) atoms. The Morgan fingerprint density at radius 2 is 2.02 bits per heavy atom. The first-order valence-corrected chi connectivity index (χ1v) is 14.3. The Hall–Kier alpha value is -4.09. The molecular formula is C29H32N6O4S. The first-order valence-electron chi connectivity index (χ1n) is 13.3. The average Bonchev–Trinajstić information content (AvgIpc) is 3.70. The van der Waals surface area contributed by atoms with Gasteiger partial charge in [0.15, 0.2) is 5.65 Å². The molecule has 0 saturated carbocycles. The molecule has 0 aromatic carbocycles. The lowest BCUT2D eigenvalue weighted by molar-refractivity contribution is -0.117. The van der Waals surface area contributed by atoms with Crippen molar-refractivity contribution in [3.8, 4) is 11.3 Å². The van der Waals surface area contributed by atoms with Crippen LogP contribution in [0.1, 0.15) is 59.5 Å². The number of nitrogens with one attached hydrogen (secondary N) is 2. The number of carbonyl (C=O) groups is 3. The van der Waals surface area contributed by atoms with Gasteiger partial charge in [0.1, 0.15) is 17.2 Å². The van der Waals surface area contributed by atoms with E-state index in [-0.39, 0.29) is 30.9 Å². The minimum atomic E-state index is -0.400. The summed E-state index contributed by atoms with van der Waals surface area (Å²) in [5.41, 5.74) is 3.02. The summed E-state index contributed by atoms with van der Waals surface area (Å²) in [5.74, 6) is 0.270. The highest BCUT2D eigenvalue weighted by Gasteiger charge is 2.26. The molecule has 1 saturated heterocycles. The number of hydrogen-bond donors (Lipinski definition) is 3. The molecule has 4 aromatic heterocycles. The van der Waals surface area contributed by atoms with Gasteiger partial charge in [-0.25, -0.2) is 9.97 Å². The van der Waals surface area contributed by atoms with Gasteiger partial charge in [0.25, 0.3) is 11.8 Å². The van der Waals surface area contributed by atoms with Crippen LogP contribution in [0.5, 0.6) is 0 Å². The van der Waals surface area contributed by atoms with E-state index >= 15 is 0 Å². The summed E-state index contributed by atoms with van der Waals surface area (Å²) in [7, 11) is 0. The monoisotopic (exact) mass is 560 g/mol. The van der Waals surface area contributed by atoms with Crippen LogP contribution in [0.2, 0.25) is 0 Å². The third-order valence-corrected chi connectivity index (χ3v) is 7.51. The van der Waals surface area contributed by atoms with E-state index in [2.05, 4.69) is 15.6 Å². The van der Waals surface area contributed by atoms with E-state index in [0.717, 1.165) is 17.5 Å². The zero-order chi connectivity index (χ0) is 28.2. The van der Waals surface area contributed by atoms with E-state index < -0.39 is 6.04 Å². The molecule has 1 aliphatic rings. The fourth-order valence-electron chi connectivity index (χ4n) is 4.91. The number of anilines is 1. The van der Waals surface area contributed by atoms with E-state index in [1.165, 1.54) is 11.3 Å². The molecule has 0 radical (unpaired) electrons. The lowest BCUT2D eigenvalue weighted by Crippen LogP contribution is -2.39. The second-order valence-corrected chi connectivity index (χ2v) is 11.1. The molecule has 5 rings (SSSR count). The van der Waals surface area contributed by atoms with Crippen LogP contribution in [0.3, 0.4) is 0 Å². The number of aliphatic hydroxyl groups excluding tert-OH is 1. The molecule has 11 heteroatoms. The molecule has 10 nitrogen and oxygen atoms in total. The van der Waals surface area contributed by atoms with E-state index in [0.29, 0.717) is 53.7 Å². The Labute approximate surface area is 236 Å². The summed E-state index contributed by atoms with van der Waals surface area (Å²) in [4.78, 5) is 49.6. The lowest BCUT2D eigenvalue weighted by Gasteiger charge is -2.18. The second-order valence-electron chi connectivity index (χ2n) is 10.3. The molecule has 0 spiro atoms. The lowest BCUT2D eigenvalue weighted by atomic mass is 10.0. The predicted molar refractivity (Wildman–Crippen MR) is 153 cm³/mol. The van der Waals surface area contributed by atoms with Crippen molar-refractivity contribution < 1.29 is 19.5 Å². The van der Waals surface area contributed by atoms with Crippen LogP contribution in [0.25, 0.3) is 16.9 Å². The molecule has 0 aliphatic carbocycles. The molecule has 208 valence electrons. The van der Waals surface area contributed by atoms with Crippen LogP contribution in [0.15, 0.2) is 53.5 Å². The number of pyridine rings is 2. The van der Waals surface area contributed by atoms with Crippen LogP contribution in [0, 0.1) is 5.92 Å². The van der Waals surface area contributed by atoms with E-state index in [9.17, 15) is 19.5 Å². The maximum absolute atomic E-state index is 13.5. The highest BCUT2D eigenvalue weighted by Crippen LogP contribution is 2.28. The SMILES string of the molecule is CC(C)C[C@@H](CO)NC(=O)c1c(-c2ccsc2)nc2c(C(=O)NCc3ccc(N4CCCC4=O)nc3)cccn12. The Bertz CT molecular complexity index is 1510. The van der Waals surface area contributed by atoms with Crippen molar-refractivity contribution in [2.45, 2.75) is 45.7 Å². The predicted octanol–water partition coefficient (Wildman–Crippen LogP) is 3.65. The molecule has 3 amide bonds. The Kier molecular flexibility index (Phi) is 8.22. The van der Waals surface area contributed by atoms with Crippen molar-refractivity contribution in [2.75, 3.05) is 18.1 Å². The molecule has 1 fully saturated rings. The molecule has 0 unspecified atom stereocenters. The van der Waals surface area contributed by atoms with Gasteiger partial charge < -0.3 is 15.7 Å². The van der Waals surface area contributed by atoms with Crippen molar-refractivity contribution in [3.05, 3.63) is 70.3 Å². The number of hydrogen-bond acceptors (Lipinski definition) is 7. The minimum Gasteiger partial charge on any atom is -0.394 e. The van der Waals surface area contributed by atoms with Gasteiger partial charge in [-0.15, -0.1) is 0 Å². The number of nitrogens with zero attached hydrogens (tertiary/aromatic N) is 4. The maximum Gasteiger partial charge on any atom is 0.270 e. The summed E-state index contributed by atoms with van der Waals surface area (Å²) < 4.78 is 1.63. The summed E-state index contributed by atoms with van der Waals surface area (Å²) >= 11 is 1.49. The van der Waals surface area contributed by atoms with E-state index in [1.54, 1.807) is 39.9 Å². The van der Waals surface area contributed by atoms with Crippen LogP contribution >= 0.6 is 11.3 Å². The number of aromatic nitrogens is 3. The summed E-state index contributed by atoms with van der Waals surface area (Å²) in [5, 5.41) is 19.5. The van der Waals surface area contributed by atoms with Crippen LogP contribution in [-0.4, -0.2) is 56.4 Å². The third-order valence-electron chi connectivity index (χ3n) is 6.83. The standard InChI is InChI=1S/C29H32N6O4S/c1-18(2)13-21(16-36)32-29(39)26-25(20-9-12-40-17-20)33-27-22(5-3-11-35(26)27)28(38)31-15-19-7-8-23(30-14-19)34-10-4-6-24(34)37/h3,5,7-9,11-12,14,17-18,21,36H,4,6,10,13,15-16H2,1-2H3,(H,31,38)(H,32,39)/t21-/m0/s1. The topological polar surface area (TPSA) is 129 Å². The third kappa shape index (κ3) is 5.75. The van der Waals surface area contributed by atoms with E-state index in [1.807, 2.05) is 36.7 Å². The molecular weight excluding hydrogens is 528 g/mol. The van der Waals surface area contributed by atoms with Crippen molar-refractivity contribution in [1.82, 2.24) is 25.0 Å². The van der Waals surface area contributed by atoms with Crippen molar-refractivity contribution in [1.29, 1.82) is 0 Å². The highest BCUT2D eigenvalue weighted by molar-refractivity contribution is 7.08. The fraction of sp³-hybridized carbons (Fsp3) is 0.345. The number of rotatable bonds is 10. The molecule has 1 atom stereocenters. The summed E-state index contributed by atoms with van der Waals surface area (Å²) in [6, 6.07) is 8.49. The fourth-order valence-corrected chi connectivity index (χ4v) is 5.55. The first kappa shape index (κ1) is 27.5. The van der Waals surface area contributed by atoms with Crippen LogP contribution in [0.4, 0.5) is 5.82 Å². The minimum absolute atomic E-state index is 0.0722. The Morgan fingerprint density at radius 1 is 1.18 bits per heavy atom. The maximum atomic E-state index is 13.5. The van der Waals surface area contributed by atoms with Gasteiger partial charge in [0, 0.05) is 42.8 Å². The van der Waals surface area contributed by atoms with Gasteiger partial charge in [0.05, 0.1) is 18.2 Å². The molecule has 5 heterocycles. The van der Waals surface area contributed by atoms with Gasteiger partial charge in [0.2, 0.25) is 5.91 Å². The van der Waals surface area contributed by atoms with Crippen LogP contribution in [-0.2, 0) is 11.3 Å². The summed E-state index contributed by atoms with van der Waals surface area (Å²) in [6.07, 6.45) is 5.36. The van der Waals surface area contributed by atoms with Crippen molar-refractivity contribution >= 4 is 40.5 Å². The normalized spacial score (nSPS) is 14.2. The number of amides is 3. The van der Waals surface area contributed by atoms with Crippen molar-refractivity contribution in [3.63, 3.8) is 0 Å². The number of thiophene rings is 1. The van der Waals surface area contributed by atoms with Gasteiger partial charge >= 0.3 is 0 Å². The van der Waals surface area contributed by atoms with E-state index in [4.69, 9.17) is 4.98 Å². The number of aliphatic hydroxyl groups is 1. The van der Waals surface area contributed by atoms with Gasteiger partial charge in [-0.2, -0.15) is 11.3 Å². The second kappa shape index (κ2) is 12.0. The number of fused-ring (bicyclic) bond motifs is 1. The Balaban J connectivity index is 1.39. The quantitative estimate of drug-likeness (QED) is 0.272. The van der Waals surface area contributed by atoms with Gasteiger partial charge in [-0.3, -0.25) is 23.7 Å². The zero-order valence-electron chi connectivity index (χ0n) is 22.5. The van der Waals surface area contributed by atoms with Crippen molar-refractivity contribution in [2.24, 2.45) is 5.92 Å². The Morgan fingerprint density at radius 3 is 2.67 bits per heavy atom. The molecule has 4 aromatic rings. The molecule has 0 bridgehead atoms.